The molecule has 15 heavy (non-hydrogen) atoms. The number of fused-ring (bicyclic) bond motifs is 3. The molecule has 0 atom stereocenters. The van der Waals surface area contributed by atoms with Gasteiger partial charge in [-0.25, -0.2) is 4.98 Å². The van der Waals surface area contributed by atoms with Crippen LogP contribution in [0.3, 0.4) is 0 Å². The molecule has 3 aromatic rings. The number of H-pyrrole nitrogens is 1. The normalized spacial score (nSPS) is 11.3. The van der Waals surface area contributed by atoms with Crippen LogP contribution in [0.1, 0.15) is 0 Å². The van der Waals surface area contributed by atoms with E-state index in [0.717, 1.165) is 5.52 Å². The summed E-state index contributed by atoms with van der Waals surface area (Å²) in [7, 11) is 0. The highest BCUT2D eigenvalue weighted by Gasteiger charge is 2.04. The van der Waals surface area contributed by atoms with E-state index in [1.165, 1.54) is 0 Å². The van der Waals surface area contributed by atoms with Crippen LogP contribution < -0.4 is 5.56 Å². The fourth-order valence-corrected chi connectivity index (χ4v) is 1.83. The van der Waals surface area contributed by atoms with Crippen molar-refractivity contribution >= 4 is 28.3 Å². The van der Waals surface area contributed by atoms with Crippen LogP contribution in [-0.2, 0) is 0 Å². The van der Waals surface area contributed by atoms with Gasteiger partial charge in [-0.15, -0.1) is 0 Å². The van der Waals surface area contributed by atoms with Gasteiger partial charge in [0.15, 0.2) is 0 Å². The molecule has 0 aliphatic carbocycles. The first-order valence-corrected chi connectivity index (χ1v) is 4.78. The third-order valence-corrected chi connectivity index (χ3v) is 2.55. The minimum atomic E-state index is -0.213. The van der Waals surface area contributed by atoms with E-state index in [4.69, 9.17) is 11.6 Å². The average molecular weight is 220 g/mol. The SMILES string of the molecule is O=c1[nH]c2cc(Cl)ccc2n2ccnc12. The van der Waals surface area contributed by atoms with Gasteiger partial charge < -0.3 is 4.98 Å². The second-order valence-electron chi connectivity index (χ2n) is 3.24. The van der Waals surface area contributed by atoms with Gasteiger partial charge in [-0.05, 0) is 18.2 Å². The van der Waals surface area contributed by atoms with E-state index in [-0.39, 0.29) is 5.56 Å². The lowest BCUT2D eigenvalue weighted by Crippen LogP contribution is -2.10. The number of rotatable bonds is 0. The van der Waals surface area contributed by atoms with Gasteiger partial charge in [0.25, 0.3) is 5.56 Å². The molecule has 1 N–H and O–H groups in total. The van der Waals surface area contributed by atoms with Crippen molar-refractivity contribution in [3.63, 3.8) is 0 Å². The van der Waals surface area contributed by atoms with Crippen LogP contribution in [0.15, 0.2) is 35.4 Å². The minimum Gasteiger partial charge on any atom is -0.317 e. The zero-order valence-corrected chi connectivity index (χ0v) is 8.32. The Kier molecular flexibility index (Phi) is 1.61. The molecule has 0 saturated heterocycles. The Morgan fingerprint density at radius 2 is 2.27 bits per heavy atom. The Balaban J connectivity index is 2.66. The summed E-state index contributed by atoms with van der Waals surface area (Å²) < 4.78 is 1.74. The first kappa shape index (κ1) is 8.49. The number of aromatic nitrogens is 3. The number of nitrogens with one attached hydrogen (secondary N) is 1. The van der Waals surface area contributed by atoms with Crippen LogP contribution in [0.4, 0.5) is 0 Å². The van der Waals surface area contributed by atoms with Crippen molar-refractivity contribution in [2.45, 2.75) is 0 Å². The van der Waals surface area contributed by atoms with Gasteiger partial charge in [-0.3, -0.25) is 9.20 Å². The number of halogens is 1. The molecule has 0 spiro atoms. The van der Waals surface area contributed by atoms with E-state index >= 15 is 0 Å². The molecule has 0 bridgehead atoms. The van der Waals surface area contributed by atoms with Crippen LogP contribution in [0.25, 0.3) is 16.7 Å². The molecule has 4 nitrogen and oxygen atoms in total. The molecule has 5 heteroatoms. The van der Waals surface area contributed by atoms with Crippen LogP contribution in [0.5, 0.6) is 0 Å². The third kappa shape index (κ3) is 1.15. The van der Waals surface area contributed by atoms with Crippen LogP contribution >= 0.6 is 11.6 Å². The first-order chi connectivity index (χ1) is 7.25. The molecule has 0 aliphatic heterocycles. The summed E-state index contributed by atoms with van der Waals surface area (Å²) in [6, 6.07) is 5.35. The maximum Gasteiger partial charge on any atom is 0.292 e. The summed E-state index contributed by atoms with van der Waals surface area (Å²) in [5.41, 5.74) is 1.77. The van der Waals surface area contributed by atoms with Crippen molar-refractivity contribution < 1.29 is 0 Å². The summed E-state index contributed by atoms with van der Waals surface area (Å²) >= 11 is 5.85. The minimum absolute atomic E-state index is 0.213. The Morgan fingerprint density at radius 3 is 3.13 bits per heavy atom. The number of aromatic amines is 1. The van der Waals surface area contributed by atoms with E-state index in [2.05, 4.69) is 9.97 Å². The lowest BCUT2D eigenvalue weighted by molar-refractivity contribution is 1.17. The molecule has 0 unspecified atom stereocenters. The average Bonchev–Trinajstić information content (AvgIpc) is 2.66. The molecule has 0 amide bonds. The molecule has 2 aromatic heterocycles. The first-order valence-electron chi connectivity index (χ1n) is 4.40. The lowest BCUT2D eigenvalue weighted by atomic mass is 10.3. The molecular formula is C10H6ClN3O. The topological polar surface area (TPSA) is 50.2 Å². The Bertz CT molecular complexity index is 713. The highest BCUT2D eigenvalue weighted by atomic mass is 35.5. The molecule has 0 fully saturated rings. The van der Waals surface area contributed by atoms with Gasteiger partial charge in [0.05, 0.1) is 11.0 Å². The maximum atomic E-state index is 11.6. The Labute approximate surface area is 89.1 Å². The highest BCUT2D eigenvalue weighted by Crippen LogP contribution is 2.16. The molecular weight excluding hydrogens is 214 g/mol. The molecule has 0 saturated carbocycles. The van der Waals surface area contributed by atoms with E-state index in [1.807, 2.05) is 6.07 Å². The molecule has 3 rings (SSSR count). The monoisotopic (exact) mass is 219 g/mol. The zero-order valence-electron chi connectivity index (χ0n) is 7.57. The van der Waals surface area contributed by atoms with Gasteiger partial charge >= 0.3 is 0 Å². The summed E-state index contributed by atoms with van der Waals surface area (Å²) in [5.74, 6) is 0. The predicted molar refractivity (Wildman–Crippen MR) is 58.3 cm³/mol. The van der Waals surface area contributed by atoms with Gasteiger partial charge in [0.2, 0.25) is 5.65 Å². The van der Waals surface area contributed by atoms with Crippen LogP contribution in [0.2, 0.25) is 5.02 Å². The third-order valence-electron chi connectivity index (χ3n) is 2.31. The predicted octanol–water partition coefficient (Wildman–Crippen LogP) is 1.83. The van der Waals surface area contributed by atoms with E-state index in [1.54, 1.807) is 28.9 Å². The summed E-state index contributed by atoms with van der Waals surface area (Å²) in [6.45, 7) is 0. The summed E-state index contributed by atoms with van der Waals surface area (Å²) in [5, 5.41) is 0.595. The van der Waals surface area contributed by atoms with Gasteiger partial charge in [-0.1, -0.05) is 11.6 Å². The van der Waals surface area contributed by atoms with Gasteiger partial charge in [-0.2, -0.15) is 0 Å². The molecule has 2 heterocycles. The Hall–Kier alpha value is -1.81. The van der Waals surface area contributed by atoms with E-state index in [9.17, 15) is 4.79 Å². The lowest BCUT2D eigenvalue weighted by Gasteiger charge is -2.01. The highest BCUT2D eigenvalue weighted by molar-refractivity contribution is 6.31. The summed E-state index contributed by atoms with van der Waals surface area (Å²) in [4.78, 5) is 18.3. The van der Waals surface area contributed by atoms with Crippen molar-refractivity contribution in [1.82, 2.24) is 14.4 Å². The molecule has 74 valence electrons. The van der Waals surface area contributed by atoms with Crippen molar-refractivity contribution in [2.75, 3.05) is 0 Å². The standard InChI is InChI=1S/C10H6ClN3O/c11-6-1-2-8-7(5-6)13-10(15)9-12-3-4-14(8)9/h1-5H,(H,13,15). The largest absolute Gasteiger partial charge is 0.317 e. The fraction of sp³-hybridized carbons (Fsp3) is 0. The van der Waals surface area contributed by atoms with E-state index < -0.39 is 0 Å². The number of imidazole rings is 1. The van der Waals surface area contributed by atoms with Gasteiger partial charge in [0.1, 0.15) is 0 Å². The van der Waals surface area contributed by atoms with Crippen LogP contribution in [-0.4, -0.2) is 14.4 Å². The number of benzene rings is 1. The van der Waals surface area contributed by atoms with Crippen molar-refractivity contribution in [3.8, 4) is 0 Å². The molecule has 0 aliphatic rings. The number of nitrogens with zero attached hydrogens (tertiary/aromatic N) is 2. The number of hydrogen-bond acceptors (Lipinski definition) is 2. The quantitative estimate of drug-likeness (QED) is 0.627. The second kappa shape index (κ2) is 2.84. The van der Waals surface area contributed by atoms with Gasteiger partial charge in [0, 0.05) is 17.4 Å². The van der Waals surface area contributed by atoms with Crippen LogP contribution in [0, 0.1) is 0 Å². The van der Waals surface area contributed by atoms with Crippen molar-refractivity contribution in [1.29, 1.82) is 0 Å². The van der Waals surface area contributed by atoms with E-state index in [0.29, 0.717) is 16.2 Å². The molecule has 0 radical (unpaired) electrons. The van der Waals surface area contributed by atoms with Crippen molar-refractivity contribution in [2.24, 2.45) is 0 Å². The second-order valence-corrected chi connectivity index (χ2v) is 3.67. The maximum absolute atomic E-state index is 11.6. The van der Waals surface area contributed by atoms with Crippen molar-refractivity contribution in [3.05, 3.63) is 46.0 Å². The fourth-order valence-electron chi connectivity index (χ4n) is 1.66. The smallest absolute Gasteiger partial charge is 0.292 e. The number of hydrogen-bond donors (Lipinski definition) is 1. The summed E-state index contributed by atoms with van der Waals surface area (Å²) in [6.07, 6.45) is 3.35. The molecule has 1 aromatic carbocycles. The zero-order chi connectivity index (χ0) is 10.4. The Morgan fingerprint density at radius 1 is 1.40 bits per heavy atom.